The summed E-state index contributed by atoms with van der Waals surface area (Å²) in [6.45, 7) is 7.57. The first-order chi connectivity index (χ1) is 9.00. The average molecular weight is 258 g/mol. The van der Waals surface area contributed by atoms with Crippen LogP contribution in [0.25, 0.3) is 10.8 Å². The fourth-order valence-electron chi connectivity index (χ4n) is 2.25. The Labute approximate surface area is 114 Å². The van der Waals surface area contributed by atoms with Crippen molar-refractivity contribution < 1.29 is 5.11 Å². The molecule has 102 valence electrons. The largest absolute Gasteiger partial charge is 0.384 e. The summed E-state index contributed by atoms with van der Waals surface area (Å²) in [5, 5.41) is 16.1. The van der Waals surface area contributed by atoms with Crippen LogP contribution in [-0.2, 0) is 5.60 Å². The Bertz CT molecular complexity index is 544. The highest BCUT2D eigenvalue weighted by molar-refractivity contribution is 5.85. The third-order valence-electron chi connectivity index (χ3n) is 3.27. The molecule has 3 nitrogen and oxygen atoms in total. The van der Waals surface area contributed by atoms with Gasteiger partial charge in [0.25, 0.3) is 0 Å². The first-order valence-corrected chi connectivity index (χ1v) is 6.77. The number of nitrogens with one attached hydrogen (secondary N) is 1. The highest BCUT2D eigenvalue weighted by Crippen LogP contribution is 2.27. The monoisotopic (exact) mass is 258 g/mol. The van der Waals surface area contributed by atoms with E-state index in [-0.39, 0.29) is 0 Å². The Morgan fingerprint density at radius 3 is 2.74 bits per heavy atom. The summed E-state index contributed by atoms with van der Waals surface area (Å²) < 4.78 is 0. The van der Waals surface area contributed by atoms with Gasteiger partial charge in [0.15, 0.2) is 0 Å². The first kappa shape index (κ1) is 14.0. The van der Waals surface area contributed by atoms with Crippen LogP contribution in [-0.4, -0.2) is 23.2 Å². The lowest BCUT2D eigenvalue weighted by molar-refractivity contribution is 0.0576. The van der Waals surface area contributed by atoms with Gasteiger partial charge in [-0.2, -0.15) is 0 Å². The molecule has 19 heavy (non-hydrogen) atoms. The van der Waals surface area contributed by atoms with E-state index < -0.39 is 5.60 Å². The van der Waals surface area contributed by atoms with Gasteiger partial charge in [0.2, 0.25) is 0 Å². The zero-order chi connectivity index (χ0) is 13.9. The van der Waals surface area contributed by atoms with Crippen LogP contribution < -0.4 is 5.32 Å². The molecule has 1 aromatic carbocycles. The normalized spacial score (nSPS) is 14.8. The predicted octanol–water partition coefficient (Wildman–Crippen LogP) is 2.69. The first-order valence-electron chi connectivity index (χ1n) is 6.77. The van der Waals surface area contributed by atoms with E-state index in [1.54, 1.807) is 6.20 Å². The van der Waals surface area contributed by atoms with Crippen molar-refractivity contribution in [1.29, 1.82) is 0 Å². The molecule has 0 saturated carbocycles. The quantitative estimate of drug-likeness (QED) is 0.866. The fraction of sp³-hybridized carbons (Fsp3) is 0.438. The summed E-state index contributed by atoms with van der Waals surface area (Å²) in [6.07, 6.45) is 3.59. The number of hydrogen-bond donors (Lipinski definition) is 2. The lowest BCUT2D eigenvalue weighted by Crippen LogP contribution is -2.37. The van der Waals surface area contributed by atoms with E-state index >= 15 is 0 Å². The van der Waals surface area contributed by atoms with E-state index in [4.69, 9.17) is 0 Å². The molecule has 0 bridgehead atoms. The van der Waals surface area contributed by atoms with Crippen LogP contribution in [0.15, 0.2) is 36.7 Å². The van der Waals surface area contributed by atoms with Crippen LogP contribution in [0.3, 0.4) is 0 Å². The minimum atomic E-state index is -0.914. The van der Waals surface area contributed by atoms with Gasteiger partial charge in [-0.3, -0.25) is 4.98 Å². The molecule has 0 radical (unpaired) electrons. The highest BCUT2D eigenvalue weighted by Gasteiger charge is 2.25. The summed E-state index contributed by atoms with van der Waals surface area (Å²) in [5.41, 5.74) is -0.0372. The molecule has 0 amide bonds. The molecule has 2 rings (SSSR count). The molecule has 0 saturated heterocycles. The third-order valence-corrected chi connectivity index (χ3v) is 3.27. The van der Waals surface area contributed by atoms with Gasteiger partial charge in [-0.15, -0.1) is 0 Å². The van der Waals surface area contributed by atoms with Gasteiger partial charge >= 0.3 is 0 Å². The number of pyridine rings is 1. The molecule has 0 fully saturated rings. The van der Waals surface area contributed by atoms with Crippen molar-refractivity contribution in [2.45, 2.75) is 26.4 Å². The Hall–Kier alpha value is -1.45. The summed E-state index contributed by atoms with van der Waals surface area (Å²) >= 11 is 0. The summed E-state index contributed by atoms with van der Waals surface area (Å²) in [4.78, 5) is 4.23. The minimum absolute atomic E-state index is 0.529. The SMILES string of the molecule is CC(C)CNCC(C)(O)c1cncc2ccccc12. The van der Waals surface area contributed by atoms with Crippen molar-refractivity contribution in [3.05, 3.63) is 42.2 Å². The molecule has 0 spiro atoms. The Morgan fingerprint density at radius 1 is 1.26 bits per heavy atom. The number of hydrogen-bond acceptors (Lipinski definition) is 3. The lowest BCUT2D eigenvalue weighted by atomic mass is 9.93. The standard InChI is InChI=1S/C16H22N2O/c1-12(2)8-18-11-16(3,19)15-10-17-9-13-6-4-5-7-14(13)15/h4-7,9-10,12,18-19H,8,11H2,1-3H3. The maximum atomic E-state index is 10.7. The maximum absolute atomic E-state index is 10.7. The number of aromatic nitrogens is 1. The number of fused-ring (bicyclic) bond motifs is 1. The van der Waals surface area contributed by atoms with Gasteiger partial charge in [-0.25, -0.2) is 0 Å². The van der Waals surface area contributed by atoms with Crippen LogP contribution in [0.1, 0.15) is 26.3 Å². The highest BCUT2D eigenvalue weighted by atomic mass is 16.3. The predicted molar refractivity (Wildman–Crippen MR) is 79.0 cm³/mol. The van der Waals surface area contributed by atoms with Crippen molar-refractivity contribution in [3.8, 4) is 0 Å². The van der Waals surface area contributed by atoms with Crippen molar-refractivity contribution in [3.63, 3.8) is 0 Å². The van der Waals surface area contributed by atoms with Gasteiger partial charge in [-0.05, 0) is 24.8 Å². The third kappa shape index (κ3) is 3.31. The van der Waals surface area contributed by atoms with E-state index in [9.17, 15) is 5.11 Å². The second-order valence-electron chi connectivity index (χ2n) is 5.71. The molecule has 1 unspecified atom stereocenters. The zero-order valence-corrected chi connectivity index (χ0v) is 11.9. The van der Waals surface area contributed by atoms with E-state index in [1.165, 1.54) is 0 Å². The van der Waals surface area contributed by atoms with Crippen LogP contribution in [0.4, 0.5) is 0 Å². The molecule has 1 heterocycles. The number of benzene rings is 1. The molecule has 0 aliphatic heterocycles. The van der Waals surface area contributed by atoms with Crippen LogP contribution in [0, 0.1) is 5.92 Å². The summed E-state index contributed by atoms with van der Waals surface area (Å²) in [6, 6.07) is 8.02. The van der Waals surface area contributed by atoms with E-state index in [0.717, 1.165) is 22.9 Å². The topological polar surface area (TPSA) is 45.1 Å². The van der Waals surface area contributed by atoms with Gasteiger partial charge in [0, 0.05) is 29.9 Å². The van der Waals surface area contributed by atoms with Gasteiger partial charge in [-0.1, -0.05) is 38.1 Å². The molecule has 1 aromatic heterocycles. The van der Waals surface area contributed by atoms with Crippen LogP contribution in [0.5, 0.6) is 0 Å². The smallest absolute Gasteiger partial charge is 0.101 e. The van der Waals surface area contributed by atoms with Crippen molar-refractivity contribution in [1.82, 2.24) is 10.3 Å². The molecule has 0 aliphatic carbocycles. The average Bonchev–Trinajstić information content (AvgIpc) is 2.37. The van der Waals surface area contributed by atoms with E-state index in [2.05, 4.69) is 24.1 Å². The Kier molecular flexibility index (Phi) is 4.17. The molecular weight excluding hydrogens is 236 g/mol. The molecule has 1 atom stereocenters. The van der Waals surface area contributed by atoms with Crippen molar-refractivity contribution >= 4 is 10.8 Å². The van der Waals surface area contributed by atoms with Crippen LogP contribution >= 0.6 is 0 Å². The molecule has 2 N–H and O–H groups in total. The second-order valence-corrected chi connectivity index (χ2v) is 5.71. The minimum Gasteiger partial charge on any atom is -0.384 e. The summed E-state index contributed by atoms with van der Waals surface area (Å²) in [7, 11) is 0. The summed E-state index contributed by atoms with van der Waals surface area (Å²) in [5.74, 6) is 0.571. The number of nitrogens with zero attached hydrogens (tertiary/aromatic N) is 1. The fourth-order valence-corrected chi connectivity index (χ4v) is 2.25. The molecular formula is C16H22N2O. The number of rotatable bonds is 5. The maximum Gasteiger partial charge on any atom is 0.101 e. The second kappa shape index (κ2) is 5.68. The van der Waals surface area contributed by atoms with E-state index in [1.807, 2.05) is 37.4 Å². The van der Waals surface area contributed by atoms with Crippen LogP contribution in [0.2, 0.25) is 0 Å². The molecule has 0 aliphatic rings. The van der Waals surface area contributed by atoms with Crippen molar-refractivity contribution in [2.24, 2.45) is 5.92 Å². The lowest BCUT2D eigenvalue weighted by Gasteiger charge is -2.26. The van der Waals surface area contributed by atoms with Gasteiger partial charge in [0.1, 0.15) is 5.60 Å². The molecule has 2 aromatic rings. The Morgan fingerprint density at radius 2 is 2.00 bits per heavy atom. The number of aliphatic hydroxyl groups is 1. The van der Waals surface area contributed by atoms with E-state index in [0.29, 0.717) is 12.5 Å². The van der Waals surface area contributed by atoms with Crippen molar-refractivity contribution in [2.75, 3.05) is 13.1 Å². The Balaban J connectivity index is 2.27. The zero-order valence-electron chi connectivity index (χ0n) is 11.9. The van der Waals surface area contributed by atoms with Gasteiger partial charge in [0.05, 0.1) is 0 Å². The molecule has 3 heteroatoms. The van der Waals surface area contributed by atoms with Gasteiger partial charge < -0.3 is 10.4 Å².